The van der Waals surface area contributed by atoms with E-state index >= 15 is 0 Å². The molecule has 0 spiro atoms. The second-order valence-corrected chi connectivity index (χ2v) is 4.14. The average Bonchev–Trinajstić information content (AvgIpc) is 2.43. The summed E-state index contributed by atoms with van der Waals surface area (Å²) in [4.78, 5) is 11.5. The molecule has 5 nitrogen and oxygen atoms in total. The van der Waals surface area contributed by atoms with Gasteiger partial charge >= 0.3 is 6.18 Å². The number of hydrogen-bond donors (Lipinski definition) is 1. The fourth-order valence-corrected chi connectivity index (χ4v) is 1.44. The maximum Gasteiger partial charge on any atom is 0.405 e. The molecule has 0 unspecified atom stereocenters. The van der Waals surface area contributed by atoms with Crippen molar-refractivity contribution in [3.63, 3.8) is 0 Å². The number of ether oxygens (including phenoxy) is 3. The average molecular weight is 307 g/mol. The Morgan fingerprint density at radius 2 is 1.62 bits per heavy atom. The molecule has 1 atom stereocenters. The second kappa shape index (κ2) is 7.05. The fraction of sp³-hybridized carbons (Fsp3) is 0.462. The summed E-state index contributed by atoms with van der Waals surface area (Å²) in [5, 5.41) is 1.75. The molecule has 0 radical (unpaired) electrons. The van der Waals surface area contributed by atoms with Crippen molar-refractivity contribution in [2.45, 2.75) is 19.2 Å². The molecule has 0 saturated carbocycles. The van der Waals surface area contributed by atoms with Gasteiger partial charge in [-0.25, -0.2) is 0 Å². The minimum Gasteiger partial charge on any atom is -0.496 e. The van der Waals surface area contributed by atoms with Gasteiger partial charge in [0.15, 0.2) is 6.10 Å². The van der Waals surface area contributed by atoms with E-state index in [-0.39, 0.29) is 5.75 Å². The number of carbonyl (C=O) groups is 1. The molecule has 0 aliphatic rings. The largest absolute Gasteiger partial charge is 0.496 e. The van der Waals surface area contributed by atoms with Crippen molar-refractivity contribution < 1.29 is 32.2 Å². The molecule has 0 saturated heterocycles. The van der Waals surface area contributed by atoms with Crippen molar-refractivity contribution in [1.82, 2.24) is 5.32 Å². The monoisotopic (exact) mass is 307 g/mol. The maximum absolute atomic E-state index is 12.0. The number of benzene rings is 1. The molecule has 1 N–H and O–H groups in total. The summed E-state index contributed by atoms with van der Waals surface area (Å²) in [5.74, 6) is 0.259. The van der Waals surface area contributed by atoms with Crippen LogP contribution in [0.15, 0.2) is 18.2 Å². The topological polar surface area (TPSA) is 56.8 Å². The lowest BCUT2D eigenvalue weighted by Crippen LogP contribution is -2.41. The molecule has 118 valence electrons. The number of methoxy groups -OCH3 is 2. The standard InChI is InChI=1S/C13H16F3NO4/c1-8(12(18)17-7-13(14,15)16)21-11-5-9(19-2)4-10(6-11)20-3/h4-6,8H,7H2,1-3H3,(H,17,18)/t8-/m1/s1. The number of halogens is 3. The molecule has 1 rings (SSSR count). The Balaban J connectivity index is 2.69. The van der Waals surface area contributed by atoms with Gasteiger partial charge in [-0.2, -0.15) is 13.2 Å². The Hall–Kier alpha value is -2.12. The minimum absolute atomic E-state index is 0.251. The van der Waals surface area contributed by atoms with Crippen LogP contribution in [0.25, 0.3) is 0 Å². The normalized spacial score (nSPS) is 12.5. The van der Waals surface area contributed by atoms with Crippen LogP contribution in [0.5, 0.6) is 17.2 Å². The third-order valence-electron chi connectivity index (χ3n) is 2.47. The van der Waals surface area contributed by atoms with Gasteiger partial charge in [0.2, 0.25) is 0 Å². The van der Waals surface area contributed by atoms with E-state index in [1.165, 1.54) is 33.3 Å². The smallest absolute Gasteiger partial charge is 0.405 e. The predicted octanol–water partition coefficient (Wildman–Crippen LogP) is 2.15. The number of alkyl halides is 3. The molecule has 21 heavy (non-hydrogen) atoms. The molecule has 0 heterocycles. The van der Waals surface area contributed by atoms with Gasteiger partial charge in [-0.3, -0.25) is 4.79 Å². The Labute approximate surface area is 120 Å². The first-order valence-electron chi connectivity index (χ1n) is 5.99. The lowest BCUT2D eigenvalue weighted by Gasteiger charge is -2.16. The number of rotatable bonds is 6. The van der Waals surface area contributed by atoms with Gasteiger partial charge in [0.1, 0.15) is 23.8 Å². The Morgan fingerprint density at radius 3 is 2.05 bits per heavy atom. The van der Waals surface area contributed by atoms with Crippen LogP contribution in [0.2, 0.25) is 0 Å². The van der Waals surface area contributed by atoms with Gasteiger partial charge in [-0.1, -0.05) is 0 Å². The highest BCUT2D eigenvalue weighted by Gasteiger charge is 2.29. The van der Waals surface area contributed by atoms with Crippen molar-refractivity contribution in [3.8, 4) is 17.2 Å². The van der Waals surface area contributed by atoms with Crippen LogP contribution in [-0.2, 0) is 4.79 Å². The Bertz CT molecular complexity index is 469. The molecule has 1 amide bonds. The summed E-state index contributed by atoms with van der Waals surface area (Å²) in [7, 11) is 2.88. The van der Waals surface area contributed by atoms with E-state index < -0.39 is 24.7 Å². The molecular formula is C13H16F3NO4. The number of nitrogens with one attached hydrogen (secondary N) is 1. The third-order valence-corrected chi connectivity index (χ3v) is 2.47. The highest BCUT2D eigenvalue weighted by Crippen LogP contribution is 2.28. The highest BCUT2D eigenvalue weighted by molar-refractivity contribution is 5.80. The van der Waals surface area contributed by atoms with E-state index in [0.29, 0.717) is 11.5 Å². The SMILES string of the molecule is COc1cc(OC)cc(O[C@H](C)C(=O)NCC(F)(F)F)c1. The molecule has 1 aromatic rings. The zero-order valence-electron chi connectivity index (χ0n) is 11.8. The van der Waals surface area contributed by atoms with E-state index in [1.807, 2.05) is 0 Å². The van der Waals surface area contributed by atoms with Gasteiger partial charge in [0.25, 0.3) is 5.91 Å². The first-order valence-corrected chi connectivity index (χ1v) is 5.99. The van der Waals surface area contributed by atoms with Crippen molar-refractivity contribution in [3.05, 3.63) is 18.2 Å². The van der Waals surface area contributed by atoms with Crippen LogP contribution in [-0.4, -0.2) is 39.0 Å². The summed E-state index contributed by atoms with van der Waals surface area (Å²) < 4.78 is 51.4. The molecule has 0 fully saturated rings. The summed E-state index contributed by atoms with van der Waals surface area (Å²) in [6.45, 7) is -0.0569. The van der Waals surface area contributed by atoms with Crippen molar-refractivity contribution >= 4 is 5.91 Å². The van der Waals surface area contributed by atoms with Crippen molar-refractivity contribution in [1.29, 1.82) is 0 Å². The molecule has 0 aliphatic heterocycles. The molecule has 0 aromatic heterocycles. The van der Waals surface area contributed by atoms with Crippen molar-refractivity contribution in [2.75, 3.05) is 20.8 Å². The van der Waals surface area contributed by atoms with E-state index in [2.05, 4.69) is 0 Å². The predicted molar refractivity (Wildman–Crippen MR) is 68.7 cm³/mol. The molecular weight excluding hydrogens is 291 g/mol. The van der Waals surface area contributed by atoms with Gasteiger partial charge < -0.3 is 19.5 Å². The fourth-order valence-electron chi connectivity index (χ4n) is 1.44. The maximum atomic E-state index is 12.0. The van der Waals surface area contributed by atoms with Crippen LogP contribution >= 0.6 is 0 Å². The molecule has 0 aliphatic carbocycles. The van der Waals surface area contributed by atoms with Crippen LogP contribution in [0, 0.1) is 0 Å². The molecule has 0 bridgehead atoms. The first kappa shape index (κ1) is 16.9. The van der Waals surface area contributed by atoms with Crippen LogP contribution < -0.4 is 19.5 Å². The van der Waals surface area contributed by atoms with Gasteiger partial charge in [-0.15, -0.1) is 0 Å². The number of amides is 1. The number of carbonyl (C=O) groups excluding carboxylic acids is 1. The van der Waals surface area contributed by atoms with E-state index in [9.17, 15) is 18.0 Å². The van der Waals surface area contributed by atoms with E-state index in [1.54, 1.807) is 11.4 Å². The lowest BCUT2D eigenvalue weighted by atomic mass is 10.3. The lowest BCUT2D eigenvalue weighted by molar-refractivity contribution is -0.142. The number of hydrogen-bond acceptors (Lipinski definition) is 4. The zero-order chi connectivity index (χ0) is 16.0. The van der Waals surface area contributed by atoms with E-state index in [0.717, 1.165) is 0 Å². The summed E-state index contributed by atoms with van der Waals surface area (Å²) in [6, 6.07) is 4.59. The van der Waals surface area contributed by atoms with Crippen LogP contribution in [0.1, 0.15) is 6.92 Å². The van der Waals surface area contributed by atoms with Gasteiger partial charge in [0, 0.05) is 18.2 Å². The quantitative estimate of drug-likeness (QED) is 0.875. The second-order valence-electron chi connectivity index (χ2n) is 4.14. The first-order chi connectivity index (χ1) is 9.75. The van der Waals surface area contributed by atoms with Gasteiger partial charge in [0.05, 0.1) is 14.2 Å². The van der Waals surface area contributed by atoms with Crippen LogP contribution in [0.4, 0.5) is 13.2 Å². The molecule has 8 heteroatoms. The van der Waals surface area contributed by atoms with Crippen LogP contribution in [0.3, 0.4) is 0 Å². The van der Waals surface area contributed by atoms with Crippen molar-refractivity contribution in [2.24, 2.45) is 0 Å². The summed E-state index contributed by atoms with van der Waals surface area (Å²) in [5.41, 5.74) is 0. The summed E-state index contributed by atoms with van der Waals surface area (Å²) in [6.07, 6.45) is -5.56. The minimum atomic E-state index is -4.46. The molecule has 1 aromatic carbocycles. The highest BCUT2D eigenvalue weighted by atomic mass is 19.4. The summed E-state index contributed by atoms with van der Waals surface area (Å²) >= 11 is 0. The zero-order valence-corrected chi connectivity index (χ0v) is 11.8. The Kier molecular flexibility index (Phi) is 5.69. The van der Waals surface area contributed by atoms with Gasteiger partial charge in [-0.05, 0) is 6.92 Å². The Morgan fingerprint density at radius 1 is 1.14 bits per heavy atom. The van der Waals surface area contributed by atoms with E-state index in [4.69, 9.17) is 14.2 Å². The third kappa shape index (κ3) is 5.80.